The molecule has 0 radical (unpaired) electrons. The number of amides is 1. The maximum atomic E-state index is 12.4. The minimum atomic E-state index is -0.0698. The Morgan fingerprint density at radius 1 is 1.25 bits per heavy atom. The number of para-hydroxylation sites is 2. The molecule has 1 amide bonds. The Hall–Kier alpha value is -2.01. The lowest BCUT2D eigenvalue weighted by atomic mass is 9.98. The first kappa shape index (κ1) is 13.0. The van der Waals surface area contributed by atoms with Gasteiger partial charge in [0.25, 0.3) is 5.91 Å². The third kappa shape index (κ3) is 2.49. The number of hydrogen-bond acceptors (Lipinski definition) is 4. The average molecular weight is 271 g/mol. The van der Waals surface area contributed by atoms with E-state index in [-0.39, 0.29) is 12.5 Å². The summed E-state index contributed by atoms with van der Waals surface area (Å²) >= 11 is 0. The molecule has 20 heavy (non-hydrogen) atoms. The molecule has 1 aliphatic heterocycles. The maximum absolute atomic E-state index is 12.4. The molecule has 0 saturated carbocycles. The second kappa shape index (κ2) is 5.54. The number of aliphatic hydroxyl groups excluding tert-OH is 1. The highest BCUT2D eigenvalue weighted by atomic mass is 16.3. The van der Waals surface area contributed by atoms with Gasteiger partial charge in [-0.05, 0) is 30.9 Å². The molecule has 5 nitrogen and oxygen atoms in total. The molecular formula is C15H17N3O2. The Kier molecular flexibility index (Phi) is 3.60. The molecule has 1 saturated heterocycles. The van der Waals surface area contributed by atoms with Gasteiger partial charge in [-0.3, -0.25) is 9.78 Å². The molecule has 0 spiro atoms. The van der Waals surface area contributed by atoms with Crippen LogP contribution in [0.4, 0.5) is 0 Å². The van der Waals surface area contributed by atoms with Crippen molar-refractivity contribution in [3.8, 4) is 0 Å². The van der Waals surface area contributed by atoms with Gasteiger partial charge in [-0.25, -0.2) is 4.98 Å². The third-order valence-corrected chi connectivity index (χ3v) is 3.83. The minimum Gasteiger partial charge on any atom is -0.396 e. The van der Waals surface area contributed by atoms with E-state index in [1.807, 2.05) is 24.3 Å². The van der Waals surface area contributed by atoms with Gasteiger partial charge in [0.1, 0.15) is 5.69 Å². The summed E-state index contributed by atoms with van der Waals surface area (Å²) in [5.74, 6) is 0.251. The quantitative estimate of drug-likeness (QED) is 0.898. The van der Waals surface area contributed by atoms with Gasteiger partial charge in [-0.1, -0.05) is 12.1 Å². The molecule has 1 fully saturated rings. The summed E-state index contributed by atoms with van der Waals surface area (Å²) in [7, 11) is 0. The van der Waals surface area contributed by atoms with Crippen molar-refractivity contribution in [3.05, 3.63) is 36.2 Å². The Morgan fingerprint density at radius 2 is 1.95 bits per heavy atom. The van der Waals surface area contributed by atoms with Crippen LogP contribution in [-0.4, -0.2) is 45.6 Å². The summed E-state index contributed by atoms with van der Waals surface area (Å²) in [5, 5.41) is 9.13. The normalized spacial score (nSPS) is 16.6. The standard InChI is InChI=1S/C15H17N3O2/c19-10-11-5-7-18(8-6-11)15(20)14-9-16-12-3-1-2-4-13(12)17-14/h1-4,9,11,19H,5-8,10H2. The highest BCUT2D eigenvalue weighted by molar-refractivity contribution is 5.93. The number of hydrogen-bond donors (Lipinski definition) is 1. The summed E-state index contributed by atoms with van der Waals surface area (Å²) in [6.45, 7) is 1.56. The van der Waals surface area contributed by atoms with Crippen LogP contribution in [0, 0.1) is 5.92 Å². The number of carbonyl (C=O) groups is 1. The number of nitrogens with zero attached hydrogens (tertiary/aromatic N) is 3. The van der Waals surface area contributed by atoms with Crippen LogP contribution in [0.25, 0.3) is 11.0 Å². The van der Waals surface area contributed by atoms with Crippen LogP contribution in [0.3, 0.4) is 0 Å². The molecular weight excluding hydrogens is 254 g/mol. The summed E-state index contributed by atoms with van der Waals surface area (Å²) in [4.78, 5) is 22.9. The largest absolute Gasteiger partial charge is 0.396 e. The van der Waals surface area contributed by atoms with Gasteiger partial charge < -0.3 is 10.0 Å². The van der Waals surface area contributed by atoms with Gasteiger partial charge in [-0.2, -0.15) is 0 Å². The van der Waals surface area contributed by atoms with E-state index in [1.54, 1.807) is 11.1 Å². The number of fused-ring (bicyclic) bond motifs is 1. The number of benzene rings is 1. The predicted molar refractivity (Wildman–Crippen MR) is 75.3 cm³/mol. The number of likely N-dealkylation sites (tertiary alicyclic amines) is 1. The van der Waals surface area contributed by atoms with Crippen molar-refractivity contribution >= 4 is 16.9 Å². The first-order chi connectivity index (χ1) is 9.78. The zero-order valence-corrected chi connectivity index (χ0v) is 11.2. The predicted octanol–water partition coefficient (Wildman–Crippen LogP) is 1.47. The number of piperidine rings is 1. The van der Waals surface area contributed by atoms with E-state index in [0.29, 0.717) is 24.7 Å². The van der Waals surface area contributed by atoms with Gasteiger partial charge in [0.05, 0.1) is 17.2 Å². The van der Waals surface area contributed by atoms with Crippen molar-refractivity contribution < 1.29 is 9.90 Å². The molecule has 1 aliphatic rings. The first-order valence-corrected chi connectivity index (χ1v) is 6.90. The van der Waals surface area contributed by atoms with Gasteiger partial charge in [-0.15, -0.1) is 0 Å². The Balaban J connectivity index is 1.79. The molecule has 2 aromatic rings. The SMILES string of the molecule is O=C(c1cnc2ccccc2n1)N1CCC(CO)CC1. The monoisotopic (exact) mass is 271 g/mol. The Bertz CT molecular complexity index is 621. The Labute approximate surface area is 117 Å². The number of aliphatic hydroxyl groups is 1. The van der Waals surface area contributed by atoms with Gasteiger partial charge >= 0.3 is 0 Å². The summed E-state index contributed by atoms with van der Waals surface area (Å²) in [6, 6.07) is 7.52. The molecule has 1 aromatic carbocycles. The van der Waals surface area contributed by atoms with Gasteiger partial charge in [0.2, 0.25) is 0 Å². The second-order valence-electron chi connectivity index (χ2n) is 5.16. The van der Waals surface area contributed by atoms with Crippen molar-refractivity contribution in [1.29, 1.82) is 0 Å². The van der Waals surface area contributed by atoms with Crippen LogP contribution in [0.2, 0.25) is 0 Å². The van der Waals surface area contributed by atoms with Crippen molar-refractivity contribution in [1.82, 2.24) is 14.9 Å². The molecule has 1 N–H and O–H groups in total. The van der Waals surface area contributed by atoms with Crippen LogP contribution in [-0.2, 0) is 0 Å². The molecule has 0 unspecified atom stereocenters. The lowest BCUT2D eigenvalue weighted by Crippen LogP contribution is -2.39. The summed E-state index contributed by atoms with van der Waals surface area (Å²) in [6.07, 6.45) is 3.25. The zero-order chi connectivity index (χ0) is 13.9. The van der Waals surface area contributed by atoms with Gasteiger partial charge in [0.15, 0.2) is 0 Å². The fourth-order valence-corrected chi connectivity index (χ4v) is 2.54. The molecule has 104 valence electrons. The summed E-state index contributed by atoms with van der Waals surface area (Å²) < 4.78 is 0. The van der Waals surface area contributed by atoms with E-state index < -0.39 is 0 Å². The van der Waals surface area contributed by atoms with E-state index in [9.17, 15) is 4.79 Å². The molecule has 0 atom stereocenters. The van der Waals surface area contributed by atoms with Crippen LogP contribution in [0.5, 0.6) is 0 Å². The smallest absolute Gasteiger partial charge is 0.274 e. The number of rotatable bonds is 2. The van der Waals surface area contributed by atoms with E-state index in [0.717, 1.165) is 23.9 Å². The van der Waals surface area contributed by atoms with Crippen LogP contribution < -0.4 is 0 Å². The molecule has 5 heteroatoms. The highest BCUT2D eigenvalue weighted by Crippen LogP contribution is 2.18. The van der Waals surface area contributed by atoms with Crippen molar-refractivity contribution in [2.24, 2.45) is 5.92 Å². The molecule has 1 aromatic heterocycles. The van der Waals surface area contributed by atoms with Crippen LogP contribution in [0.1, 0.15) is 23.3 Å². The molecule has 2 heterocycles. The lowest BCUT2D eigenvalue weighted by Gasteiger charge is -2.30. The lowest BCUT2D eigenvalue weighted by molar-refractivity contribution is 0.0645. The van der Waals surface area contributed by atoms with E-state index in [2.05, 4.69) is 9.97 Å². The second-order valence-corrected chi connectivity index (χ2v) is 5.16. The first-order valence-electron chi connectivity index (χ1n) is 6.90. The fourth-order valence-electron chi connectivity index (χ4n) is 2.54. The Morgan fingerprint density at radius 3 is 2.65 bits per heavy atom. The van der Waals surface area contributed by atoms with E-state index in [1.165, 1.54) is 0 Å². The number of aromatic nitrogens is 2. The fraction of sp³-hybridized carbons (Fsp3) is 0.400. The van der Waals surface area contributed by atoms with Crippen LogP contribution >= 0.6 is 0 Å². The highest BCUT2D eigenvalue weighted by Gasteiger charge is 2.24. The molecule has 0 bridgehead atoms. The maximum Gasteiger partial charge on any atom is 0.274 e. The minimum absolute atomic E-state index is 0.0698. The third-order valence-electron chi connectivity index (χ3n) is 3.83. The van der Waals surface area contributed by atoms with Crippen LogP contribution in [0.15, 0.2) is 30.5 Å². The summed E-state index contributed by atoms with van der Waals surface area (Å²) in [5.41, 5.74) is 1.93. The molecule has 3 rings (SSSR count). The van der Waals surface area contributed by atoms with E-state index in [4.69, 9.17) is 5.11 Å². The van der Waals surface area contributed by atoms with Gasteiger partial charge in [0, 0.05) is 19.7 Å². The van der Waals surface area contributed by atoms with E-state index >= 15 is 0 Å². The van der Waals surface area contributed by atoms with Crippen molar-refractivity contribution in [3.63, 3.8) is 0 Å². The average Bonchev–Trinajstić information content (AvgIpc) is 2.54. The number of carbonyl (C=O) groups excluding carboxylic acids is 1. The topological polar surface area (TPSA) is 66.3 Å². The molecule has 0 aliphatic carbocycles. The van der Waals surface area contributed by atoms with Crippen molar-refractivity contribution in [2.75, 3.05) is 19.7 Å². The van der Waals surface area contributed by atoms with Crippen molar-refractivity contribution in [2.45, 2.75) is 12.8 Å². The zero-order valence-electron chi connectivity index (χ0n) is 11.2.